The Bertz CT molecular complexity index is 841. The van der Waals surface area contributed by atoms with Gasteiger partial charge in [0.05, 0.1) is 25.8 Å². The van der Waals surface area contributed by atoms with E-state index in [2.05, 4.69) is 45.3 Å². The fraction of sp³-hybridized carbons (Fsp3) is 0.478. The molecule has 0 bridgehead atoms. The van der Waals surface area contributed by atoms with Crippen LogP contribution in [0.2, 0.25) is 0 Å². The number of benzene rings is 1. The summed E-state index contributed by atoms with van der Waals surface area (Å²) in [5.41, 5.74) is 1.80. The monoisotopic (exact) mass is 571 g/mol. The Labute approximate surface area is 212 Å². The topological polar surface area (TPSA) is 78.0 Å². The Kier molecular flexibility index (Phi) is 12.0. The van der Waals surface area contributed by atoms with Crippen LogP contribution in [0.15, 0.2) is 46.8 Å². The molecule has 1 aliphatic heterocycles. The van der Waals surface area contributed by atoms with E-state index in [0.717, 1.165) is 57.3 Å². The van der Waals surface area contributed by atoms with E-state index in [1.165, 1.54) is 4.88 Å². The number of nitrogens with one attached hydrogen (secondary N) is 3. The fourth-order valence-electron chi connectivity index (χ4n) is 3.61. The predicted molar refractivity (Wildman–Crippen MR) is 142 cm³/mol. The van der Waals surface area contributed by atoms with Gasteiger partial charge in [0.25, 0.3) is 5.91 Å². The normalized spacial score (nSPS) is 15.5. The van der Waals surface area contributed by atoms with E-state index in [4.69, 9.17) is 9.73 Å². The molecule has 7 nitrogen and oxygen atoms in total. The molecule has 0 radical (unpaired) electrons. The van der Waals surface area contributed by atoms with Crippen LogP contribution in [0.5, 0.6) is 0 Å². The van der Waals surface area contributed by atoms with Gasteiger partial charge >= 0.3 is 0 Å². The van der Waals surface area contributed by atoms with Gasteiger partial charge in [0.15, 0.2) is 5.96 Å². The van der Waals surface area contributed by atoms with Crippen LogP contribution < -0.4 is 16.0 Å². The highest BCUT2D eigenvalue weighted by atomic mass is 127. The predicted octanol–water partition coefficient (Wildman–Crippen LogP) is 2.90. The number of carbonyl (C=O) groups is 1. The molecule has 1 fully saturated rings. The van der Waals surface area contributed by atoms with E-state index in [9.17, 15) is 4.79 Å². The zero-order chi connectivity index (χ0) is 21.9. The van der Waals surface area contributed by atoms with Crippen LogP contribution in [0.1, 0.15) is 33.8 Å². The number of morpholine rings is 1. The second-order valence-electron chi connectivity index (χ2n) is 7.36. The first-order valence-electron chi connectivity index (χ1n) is 10.9. The van der Waals surface area contributed by atoms with Gasteiger partial charge in [-0.3, -0.25) is 14.7 Å². The van der Waals surface area contributed by atoms with E-state index < -0.39 is 0 Å². The number of hydrogen-bond acceptors (Lipinski definition) is 5. The Morgan fingerprint density at radius 2 is 2.03 bits per heavy atom. The lowest BCUT2D eigenvalue weighted by Gasteiger charge is -2.33. The summed E-state index contributed by atoms with van der Waals surface area (Å²) in [5, 5.41) is 11.6. The van der Waals surface area contributed by atoms with Gasteiger partial charge in [-0.25, -0.2) is 0 Å². The summed E-state index contributed by atoms with van der Waals surface area (Å²) in [6, 6.07) is 12.3. The number of rotatable bonds is 9. The lowest BCUT2D eigenvalue weighted by atomic mass is 10.1. The minimum atomic E-state index is -0.0626. The maximum atomic E-state index is 11.8. The maximum absolute atomic E-state index is 11.8. The molecule has 1 aromatic carbocycles. The van der Waals surface area contributed by atoms with Crippen molar-refractivity contribution in [2.45, 2.75) is 19.4 Å². The highest BCUT2D eigenvalue weighted by molar-refractivity contribution is 14.0. The molecule has 1 atom stereocenters. The quantitative estimate of drug-likeness (QED) is 0.245. The molecule has 1 amide bonds. The SMILES string of the molecule is CCNC(=NCC(c1cccs1)N1CCOCC1)NCCc1cccc(C(=O)NC)c1.I. The van der Waals surface area contributed by atoms with Gasteiger partial charge in [-0.2, -0.15) is 0 Å². The van der Waals surface area contributed by atoms with Crippen LogP contribution >= 0.6 is 35.3 Å². The molecular formula is C23H34IN5O2S. The Hall–Kier alpha value is -1.69. The second kappa shape index (κ2) is 14.5. The first kappa shape index (κ1) is 26.6. The third-order valence-electron chi connectivity index (χ3n) is 5.25. The van der Waals surface area contributed by atoms with Gasteiger partial charge in [0.2, 0.25) is 0 Å². The molecule has 1 aliphatic rings. The van der Waals surface area contributed by atoms with Crippen LogP contribution in [-0.2, 0) is 11.2 Å². The van der Waals surface area contributed by atoms with E-state index in [1.54, 1.807) is 18.4 Å². The van der Waals surface area contributed by atoms with Crippen molar-refractivity contribution in [2.24, 2.45) is 4.99 Å². The first-order valence-corrected chi connectivity index (χ1v) is 11.8. The van der Waals surface area contributed by atoms with E-state index >= 15 is 0 Å². The summed E-state index contributed by atoms with van der Waals surface area (Å²) in [6.07, 6.45) is 0.813. The van der Waals surface area contributed by atoms with Gasteiger partial charge in [0, 0.05) is 43.7 Å². The van der Waals surface area contributed by atoms with Gasteiger partial charge in [-0.15, -0.1) is 35.3 Å². The molecule has 2 aromatic rings. The Morgan fingerprint density at radius 3 is 2.72 bits per heavy atom. The number of nitrogens with zero attached hydrogens (tertiary/aromatic N) is 2. The average molecular weight is 572 g/mol. The lowest BCUT2D eigenvalue weighted by molar-refractivity contribution is 0.0186. The molecule has 3 rings (SSSR count). The number of ether oxygens (including phenoxy) is 1. The minimum absolute atomic E-state index is 0. The second-order valence-corrected chi connectivity index (χ2v) is 8.33. The highest BCUT2D eigenvalue weighted by Crippen LogP contribution is 2.26. The van der Waals surface area contributed by atoms with Crippen LogP contribution in [-0.4, -0.2) is 69.8 Å². The minimum Gasteiger partial charge on any atom is -0.379 e. The van der Waals surface area contributed by atoms with Crippen molar-refractivity contribution in [3.8, 4) is 0 Å². The van der Waals surface area contributed by atoms with Crippen molar-refractivity contribution >= 4 is 47.2 Å². The van der Waals surface area contributed by atoms with Gasteiger partial charge in [0.1, 0.15) is 0 Å². The van der Waals surface area contributed by atoms with E-state index in [1.807, 2.05) is 24.3 Å². The molecular weight excluding hydrogens is 537 g/mol. The fourth-order valence-corrected chi connectivity index (χ4v) is 4.46. The summed E-state index contributed by atoms with van der Waals surface area (Å²) < 4.78 is 5.53. The number of carbonyl (C=O) groups excluding carboxylic acids is 1. The van der Waals surface area contributed by atoms with Crippen molar-refractivity contribution < 1.29 is 9.53 Å². The molecule has 9 heteroatoms. The first-order chi connectivity index (χ1) is 15.2. The number of thiophene rings is 1. The molecule has 2 heterocycles. The lowest BCUT2D eigenvalue weighted by Crippen LogP contribution is -2.42. The molecule has 1 unspecified atom stereocenters. The van der Waals surface area contributed by atoms with Gasteiger partial charge in [-0.05, 0) is 42.5 Å². The largest absolute Gasteiger partial charge is 0.379 e. The smallest absolute Gasteiger partial charge is 0.251 e. The number of halogens is 1. The Morgan fingerprint density at radius 1 is 1.22 bits per heavy atom. The van der Waals surface area contributed by atoms with Crippen molar-refractivity contribution in [1.82, 2.24) is 20.9 Å². The zero-order valence-corrected chi connectivity index (χ0v) is 21.9. The van der Waals surface area contributed by atoms with Crippen LogP contribution in [0.4, 0.5) is 0 Å². The molecule has 176 valence electrons. The van der Waals surface area contributed by atoms with Crippen molar-refractivity contribution in [1.29, 1.82) is 0 Å². The van der Waals surface area contributed by atoms with Crippen LogP contribution in [0.25, 0.3) is 0 Å². The van der Waals surface area contributed by atoms with Crippen molar-refractivity contribution in [2.75, 3.05) is 53.0 Å². The molecule has 0 aliphatic carbocycles. The number of amides is 1. The standard InChI is InChI=1S/C23H33N5O2S.HI/c1-3-25-23(26-10-9-18-6-4-7-19(16-18)22(29)24-2)27-17-20(21-8-5-15-31-21)28-11-13-30-14-12-28;/h4-8,15-16,20H,3,9-14,17H2,1-2H3,(H,24,29)(H2,25,26,27);1H. The highest BCUT2D eigenvalue weighted by Gasteiger charge is 2.23. The van der Waals surface area contributed by atoms with Gasteiger partial charge < -0.3 is 20.7 Å². The summed E-state index contributed by atoms with van der Waals surface area (Å²) in [6.45, 7) is 7.74. The third kappa shape index (κ3) is 8.02. The maximum Gasteiger partial charge on any atom is 0.251 e. The van der Waals surface area contributed by atoms with E-state index in [0.29, 0.717) is 12.1 Å². The summed E-state index contributed by atoms with van der Waals surface area (Å²) in [5.74, 6) is 0.757. The number of aliphatic imine (C=N–C) groups is 1. The molecule has 32 heavy (non-hydrogen) atoms. The molecule has 0 spiro atoms. The summed E-state index contributed by atoms with van der Waals surface area (Å²) >= 11 is 1.79. The zero-order valence-electron chi connectivity index (χ0n) is 18.8. The molecule has 3 N–H and O–H groups in total. The van der Waals surface area contributed by atoms with Crippen LogP contribution in [0, 0.1) is 0 Å². The summed E-state index contributed by atoms with van der Waals surface area (Å²) in [4.78, 5) is 20.5. The number of hydrogen-bond donors (Lipinski definition) is 3. The van der Waals surface area contributed by atoms with E-state index in [-0.39, 0.29) is 35.9 Å². The number of guanidine groups is 1. The van der Waals surface area contributed by atoms with Crippen LogP contribution in [0.3, 0.4) is 0 Å². The summed E-state index contributed by atoms with van der Waals surface area (Å²) in [7, 11) is 1.65. The third-order valence-corrected chi connectivity index (χ3v) is 6.22. The molecule has 0 saturated carbocycles. The molecule has 1 aromatic heterocycles. The Balaban J connectivity index is 0.00000363. The molecule has 1 saturated heterocycles. The van der Waals surface area contributed by atoms with Crippen molar-refractivity contribution in [3.63, 3.8) is 0 Å². The van der Waals surface area contributed by atoms with Crippen molar-refractivity contribution in [3.05, 3.63) is 57.8 Å². The average Bonchev–Trinajstić information content (AvgIpc) is 3.34. The van der Waals surface area contributed by atoms with Gasteiger partial charge in [-0.1, -0.05) is 18.2 Å².